The van der Waals surface area contributed by atoms with Gasteiger partial charge < -0.3 is 5.73 Å². The lowest BCUT2D eigenvalue weighted by atomic mass is 10.2. The van der Waals surface area contributed by atoms with Crippen molar-refractivity contribution < 1.29 is 0 Å². The molecule has 0 bridgehead atoms. The molecule has 0 amide bonds. The Kier molecular flexibility index (Phi) is 1.92. The second-order valence-corrected chi connectivity index (χ2v) is 3.32. The zero-order valence-corrected chi connectivity index (χ0v) is 8.07. The van der Waals surface area contributed by atoms with E-state index in [1.54, 1.807) is 0 Å². The highest BCUT2D eigenvalue weighted by Crippen LogP contribution is 2.20. The summed E-state index contributed by atoms with van der Waals surface area (Å²) in [6.45, 7) is 4.01. The summed E-state index contributed by atoms with van der Waals surface area (Å²) in [6.07, 6.45) is 3.37. The summed E-state index contributed by atoms with van der Waals surface area (Å²) >= 11 is 0. The number of nitrogens with one attached hydrogen (secondary N) is 1. The molecule has 0 radical (unpaired) electrons. The topological polar surface area (TPSA) is 80.5 Å². The molecule has 14 heavy (non-hydrogen) atoms. The Hall–Kier alpha value is -1.91. The van der Waals surface area contributed by atoms with Gasteiger partial charge >= 0.3 is 0 Å². The van der Waals surface area contributed by atoms with Gasteiger partial charge in [0.1, 0.15) is 12.1 Å². The van der Waals surface area contributed by atoms with Crippen LogP contribution in [-0.2, 0) is 0 Å². The molecule has 0 aliphatic carbocycles. The van der Waals surface area contributed by atoms with Crippen LogP contribution < -0.4 is 5.73 Å². The van der Waals surface area contributed by atoms with Crippen LogP contribution in [0.15, 0.2) is 11.9 Å². The lowest BCUT2D eigenvalue weighted by Crippen LogP contribution is -1.92. The molecular weight excluding hydrogens is 178 g/mol. The van der Waals surface area contributed by atoms with Gasteiger partial charge in [-0.15, -0.1) is 0 Å². The fourth-order valence-electron chi connectivity index (χ4n) is 1.29. The number of nitrogens with two attached hydrogens (primary N) is 1. The first-order chi connectivity index (χ1) is 6.68. The Balaban J connectivity index is 2.73. The second-order valence-electron chi connectivity index (χ2n) is 3.32. The zero-order chi connectivity index (χ0) is 10.1. The van der Waals surface area contributed by atoms with Crippen molar-refractivity contribution in [2.75, 3.05) is 5.73 Å². The van der Waals surface area contributed by atoms with Gasteiger partial charge in [-0.05, 0) is 19.9 Å². The third-order valence-corrected chi connectivity index (χ3v) is 1.84. The fraction of sp³-hybridized carbons (Fsp3) is 0.222. The van der Waals surface area contributed by atoms with Crippen LogP contribution in [0.25, 0.3) is 17.1 Å². The van der Waals surface area contributed by atoms with E-state index in [0.717, 1.165) is 11.1 Å². The maximum Gasteiger partial charge on any atom is 0.186 e. The van der Waals surface area contributed by atoms with Crippen LogP contribution >= 0.6 is 0 Å². The molecule has 3 N–H and O–H groups in total. The minimum atomic E-state index is 0.455. The predicted molar refractivity (Wildman–Crippen MR) is 55.4 cm³/mol. The second kappa shape index (κ2) is 3.10. The highest BCUT2D eigenvalue weighted by molar-refractivity contribution is 5.92. The molecule has 2 rings (SSSR count). The maximum atomic E-state index is 5.74. The van der Waals surface area contributed by atoms with Gasteiger partial charge in [0.05, 0.1) is 11.1 Å². The number of fused-ring (bicyclic) bond motifs is 1. The number of H-pyrrole nitrogens is 1. The molecular formula is C9H11N5. The van der Waals surface area contributed by atoms with E-state index >= 15 is 0 Å². The first-order valence-corrected chi connectivity index (χ1v) is 4.28. The quantitative estimate of drug-likeness (QED) is 0.709. The molecule has 2 aromatic rings. The number of nitrogen functional groups attached to an aromatic ring is 1. The predicted octanol–water partition coefficient (Wildman–Crippen LogP) is 1.36. The van der Waals surface area contributed by atoms with E-state index in [4.69, 9.17) is 5.73 Å². The minimum absolute atomic E-state index is 0.455. The number of aromatic nitrogens is 4. The van der Waals surface area contributed by atoms with E-state index in [9.17, 15) is 0 Å². The van der Waals surface area contributed by atoms with E-state index in [1.807, 2.05) is 19.9 Å². The number of aromatic amines is 1. The van der Waals surface area contributed by atoms with E-state index in [2.05, 4.69) is 20.2 Å². The fourth-order valence-corrected chi connectivity index (χ4v) is 1.29. The molecule has 0 fully saturated rings. The molecule has 0 unspecified atom stereocenters. The van der Waals surface area contributed by atoms with Gasteiger partial charge in [-0.2, -0.15) is 5.10 Å². The van der Waals surface area contributed by atoms with Crippen molar-refractivity contribution in [1.82, 2.24) is 20.2 Å². The highest BCUT2D eigenvalue weighted by Gasteiger charge is 2.07. The molecule has 2 heterocycles. The molecule has 0 aliphatic heterocycles. The van der Waals surface area contributed by atoms with Crippen LogP contribution in [0.1, 0.15) is 19.5 Å². The number of allylic oxidation sites excluding steroid dienone is 1. The summed E-state index contributed by atoms with van der Waals surface area (Å²) in [5.41, 5.74) is 8.36. The molecule has 5 heteroatoms. The van der Waals surface area contributed by atoms with E-state index in [0.29, 0.717) is 11.5 Å². The Bertz CT molecular complexity index is 493. The zero-order valence-electron chi connectivity index (χ0n) is 8.07. The maximum absolute atomic E-state index is 5.74. The Morgan fingerprint density at radius 1 is 1.43 bits per heavy atom. The Morgan fingerprint density at radius 3 is 2.93 bits per heavy atom. The van der Waals surface area contributed by atoms with Crippen LogP contribution in [0, 0.1) is 0 Å². The van der Waals surface area contributed by atoms with Crippen LogP contribution in [-0.4, -0.2) is 20.2 Å². The van der Waals surface area contributed by atoms with E-state index < -0.39 is 0 Å². The third-order valence-electron chi connectivity index (χ3n) is 1.84. The first-order valence-electron chi connectivity index (χ1n) is 4.28. The van der Waals surface area contributed by atoms with Gasteiger partial charge in [0.25, 0.3) is 0 Å². The highest BCUT2D eigenvalue weighted by atomic mass is 15.2. The normalized spacial score (nSPS) is 10.4. The molecule has 72 valence electrons. The lowest BCUT2D eigenvalue weighted by Gasteiger charge is -1.94. The largest absolute Gasteiger partial charge is 0.383 e. The Morgan fingerprint density at radius 2 is 2.21 bits per heavy atom. The number of nitrogens with zero attached hydrogens (tertiary/aromatic N) is 3. The van der Waals surface area contributed by atoms with Crippen molar-refractivity contribution in [1.29, 1.82) is 0 Å². The van der Waals surface area contributed by atoms with Crippen LogP contribution in [0.2, 0.25) is 0 Å². The van der Waals surface area contributed by atoms with Gasteiger partial charge in [0, 0.05) is 0 Å². The minimum Gasteiger partial charge on any atom is -0.383 e. The molecule has 0 aliphatic rings. The van der Waals surface area contributed by atoms with Crippen molar-refractivity contribution in [3.05, 3.63) is 17.6 Å². The third kappa shape index (κ3) is 1.32. The van der Waals surface area contributed by atoms with Gasteiger partial charge in [0.2, 0.25) is 0 Å². The Labute approximate surface area is 81.1 Å². The molecule has 0 aromatic carbocycles. The van der Waals surface area contributed by atoms with Crippen LogP contribution in [0.5, 0.6) is 0 Å². The summed E-state index contributed by atoms with van der Waals surface area (Å²) in [6, 6.07) is 0. The van der Waals surface area contributed by atoms with Crippen LogP contribution in [0.4, 0.5) is 5.82 Å². The van der Waals surface area contributed by atoms with Gasteiger partial charge in [-0.3, -0.25) is 5.10 Å². The number of anilines is 1. The SMILES string of the molecule is CC(C)=Cc1[nH]nc2ncnc(N)c12. The average Bonchev–Trinajstić information content (AvgIpc) is 2.49. The molecule has 0 atom stereocenters. The van der Waals surface area contributed by atoms with Gasteiger partial charge in [-0.1, -0.05) is 5.57 Å². The number of rotatable bonds is 1. The molecule has 2 aromatic heterocycles. The smallest absolute Gasteiger partial charge is 0.186 e. The molecule has 0 saturated heterocycles. The lowest BCUT2D eigenvalue weighted by molar-refractivity contribution is 1.08. The van der Waals surface area contributed by atoms with Crippen molar-refractivity contribution in [3.63, 3.8) is 0 Å². The first kappa shape index (κ1) is 8.68. The van der Waals surface area contributed by atoms with Crippen molar-refractivity contribution in [3.8, 4) is 0 Å². The summed E-state index contributed by atoms with van der Waals surface area (Å²) < 4.78 is 0. The van der Waals surface area contributed by atoms with Crippen molar-refractivity contribution in [2.45, 2.75) is 13.8 Å². The van der Waals surface area contributed by atoms with E-state index in [-0.39, 0.29) is 0 Å². The monoisotopic (exact) mass is 189 g/mol. The van der Waals surface area contributed by atoms with Crippen LogP contribution in [0.3, 0.4) is 0 Å². The summed E-state index contributed by atoms with van der Waals surface area (Å²) in [4.78, 5) is 7.93. The molecule has 0 saturated carbocycles. The summed E-state index contributed by atoms with van der Waals surface area (Å²) in [5.74, 6) is 0.455. The molecule has 0 spiro atoms. The number of hydrogen-bond acceptors (Lipinski definition) is 4. The van der Waals surface area contributed by atoms with Gasteiger partial charge in [0.15, 0.2) is 5.65 Å². The molecule has 5 nitrogen and oxygen atoms in total. The standard InChI is InChI=1S/C9H11N5/c1-5(2)3-6-7-8(10)11-4-12-9(7)14-13-6/h3-4H,1-2H3,(H3,10,11,12,13,14). The summed E-state index contributed by atoms with van der Waals surface area (Å²) in [7, 11) is 0. The van der Waals surface area contributed by atoms with Crippen molar-refractivity contribution >= 4 is 22.9 Å². The van der Waals surface area contributed by atoms with Gasteiger partial charge in [-0.25, -0.2) is 9.97 Å². The summed E-state index contributed by atoms with van der Waals surface area (Å²) in [5, 5.41) is 7.69. The van der Waals surface area contributed by atoms with E-state index in [1.165, 1.54) is 11.9 Å². The average molecular weight is 189 g/mol. The van der Waals surface area contributed by atoms with Crippen molar-refractivity contribution in [2.24, 2.45) is 0 Å². The number of hydrogen-bond donors (Lipinski definition) is 2.